The van der Waals surface area contributed by atoms with E-state index in [4.69, 9.17) is 0 Å². The molecule has 0 spiro atoms. The van der Waals surface area contributed by atoms with Crippen LogP contribution in [0.3, 0.4) is 0 Å². The van der Waals surface area contributed by atoms with Gasteiger partial charge in [0.05, 0.1) is 11.2 Å². The molecule has 1 aliphatic rings. The van der Waals surface area contributed by atoms with E-state index in [2.05, 4.69) is 236 Å². The molecular weight excluding hydrogens is 713 g/mol. The fourth-order valence-electron chi connectivity index (χ4n) is 9.50. The average Bonchev–Trinajstić information content (AvgIpc) is 3.80. The Morgan fingerprint density at radius 1 is 0.356 bits per heavy atom. The van der Waals surface area contributed by atoms with Crippen LogP contribution in [0.1, 0.15) is 25.0 Å². The Hall–Kier alpha value is -7.42. The highest BCUT2D eigenvalue weighted by Crippen LogP contribution is 2.51. The number of anilines is 3. The van der Waals surface area contributed by atoms with Gasteiger partial charge in [0.2, 0.25) is 0 Å². The van der Waals surface area contributed by atoms with Crippen LogP contribution in [0.2, 0.25) is 0 Å². The number of benzene rings is 9. The molecule has 280 valence electrons. The number of nitrogens with zero attached hydrogens (tertiary/aromatic N) is 1. The Morgan fingerprint density at radius 2 is 0.881 bits per heavy atom. The van der Waals surface area contributed by atoms with Crippen molar-refractivity contribution in [2.45, 2.75) is 19.3 Å². The quantitative estimate of drug-likeness (QED) is 0.172. The summed E-state index contributed by atoms with van der Waals surface area (Å²) in [7, 11) is 0. The molecule has 0 saturated carbocycles. The minimum Gasteiger partial charge on any atom is -0.353 e. The van der Waals surface area contributed by atoms with Gasteiger partial charge in [0, 0.05) is 38.8 Å². The van der Waals surface area contributed by atoms with E-state index in [0.717, 1.165) is 28.3 Å². The predicted molar refractivity (Wildman–Crippen MR) is 250 cm³/mol. The summed E-state index contributed by atoms with van der Waals surface area (Å²) in [5.41, 5.74) is 19.4. The van der Waals surface area contributed by atoms with Gasteiger partial charge in [-0.25, -0.2) is 0 Å². The average molecular weight is 755 g/mol. The summed E-state index contributed by atoms with van der Waals surface area (Å²) < 4.78 is 0. The number of hydrogen-bond acceptors (Lipinski definition) is 1. The van der Waals surface area contributed by atoms with Crippen LogP contribution in [0.5, 0.6) is 0 Å². The first kappa shape index (κ1) is 34.8. The summed E-state index contributed by atoms with van der Waals surface area (Å²) in [6, 6.07) is 77.3. The van der Waals surface area contributed by atoms with E-state index in [0.29, 0.717) is 0 Å². The Morgan fingerprint density at radius 3 is 1.58 bits per heavy atom. The molecule has 0 atom stereocenters. The number of nitrogens with one attached hydrogen (secondary N) is 1. The standard InChI is InChI=1S/C57H42N2/c1-57(2)52-24-13-12-21-48(52)49-34-33-45(37-53(49)57)59(43-29-25-39(26-30-43)38-15-6-3-7-16-38)44-31-27-40(28-32-44)46-22-14-23-50-47(46)35-36-51-54(41-17-8-4-9-18-41)55(58-56(50)51)42-19-10-5-11-20-42/h3-37,58H,1-2H3. The zero-order valence-electron chi connectivity index (χ0n) is 33.2. The highest BCUT2D eigenvalue weighted by atomic mass is 15.1. The number of aromatic amines is 1. The molecule has 0 radical (unpaired) electrons. The van der Waals surface area contributed by atoms with Crippen molar-refractivity contribution in [1.29, 1.82) is 0 Å². The highest BCUT2D eigenvalue weighted by Gasteiger charge is 2.35. The van der Waals surface area contributed by atoms with Crippen molar-refractivity contribution >= 4 is 38.7 Å². The summed E-state index contributed by atoms with van der Waals surface area (Å²) in [5.74, 6) is 0. The maximum absolute atomic E-state index is 3.90. The molecule has 0 aliphatic heterocycles. The summed E-state index contributed by atoms with van der Waals surface area (Å²) in [6.45, 7) is 4.71. The van der Waals surface area contributed by atoms with Crippen LogP contribution in [0.25, 0.3) is 77.4 Å². The number of hydrogen-bond donors (Lipinski definition) is 1. The minimum absolute atomic E-state index is 0.0999. The summed E-state index contributed by atoms with van der Waals surface area (Å²) >= 11 is 0. The molecule has 59 heavy (non-hydrogen) atoms. The van der Waals surface area contributed by atoms with Crippen LogP contribution in [-0.4, -0.2) is 4.98 Å². The number of H-pyrrole nitrogens is 1. The largest absolute Gasteiger partial charge is 0.353 e. The first-order valence-electron chi connectivity index (χ1n) is 20.5. The zero-order chi connectivity index (χ0) is 39.5. The molecule has 0 amide bonds. The molecule has 11 rings (SSSR count). The molecule has 1 heterocycles. The molecule has 1 aromatic heterocycles. The van der Waals surface area contributed by atoms with E-state index >= 15 is 0 Å². The second kappa shape index (κ2) is 13.9. The van der Waals surface area contributed by atoms with Gasteiger partial charge < -0.3 is 9.88 Å². The fourth-order valence-corrected chi connectivity index (χ4v) is 9.50. The van der Waals surface area contributed by atoms with Crippen molar-refractivity contribution in [3.8, 4) is 55.8 Å². The lowest BCUT2D eigenvalue weighted by Crippen LogP contribution is -2.16. The number of aromatic nitrogens is 1. The zero-order valence-corrected chi connectivity index (χ0v) is 33.2. The molecule has 9 aromatic carbocycles. The van der Waals surface area contributed by atoms with E-state index in [1.807, 2.05) is 0 Å². The molecule has 1 aliphatic carbocycles. The molecule has 0 fully saturated rings. The number of fused-ring (bicyclic) bond motifs is 6. The van der Waals surface area contributed by atoms with Crippen LogP contribution in [0.15, 0.2) is 212 Å². The first-order valence-corrected chi connectivity index (χ1v) is 20.5. The Bertz CT molecular complexity index is 3140. The molecule has 1 N–H and O–H groups in total. The third-order valence-corrected chi connectivity index (χ3v) is 12.5. The SMILES string of the molecule is CC1(C)c2ccccc2-c2ccc(N(c3ccc(-c4ccccc4)cc3)c3ccc(-c4cccc5c4ccc4c(-c6ccccc6)c(-c6ccccc6)[nH]c45)cc3)cc21. The molecular formula is C57H42N2. The highest BCUT2D eigenvalue weighted by molar-refractivity contribution is 6.17. The van der Waals surface area contributed by atoms with E-state index in [-0.39, 0.29) is 5.41 Å². The monoisotopic (exact) mass is 754 g/mol. The molecule has 10 aromatic rings. The van der Waals surface area contributed by atoms with Gasteiger partial charge in [-0.2, -0.15) is 0 Å². The van der Waals surface area contributed by atoms with Gasteiger partial charge in [-0.1, -0.05) is 190 Å². The second-order valence-corrected chi connectivity index (χ2v) is 16.2. The van der Waals surface area contributed by atoms with Crippen LogP contribution >= 0.6 is 0 Å². The van der Waals surface area contributed by atoms with E-state index in [9.17, 15) is 0 Å². The normalized spacial score (nSPS) is 12.7. The summed E-state index contributed by atoms with van der Waals surface area (Å²) in [5, 5.41) is 3.66. The predicted octanol–water partition coefficient (Wildman–Crippen LogP) is 15.8. The maximum Gasteiger partial charge on any atom is 0.0545 e. The van der Waals surface area contributed by atoms with Crippen molar-refractivity contribution in [3.05, 3.63) is 223 Å². The van der Waals surface area contributed by atoms with Gasteiger partial charge >= 0.3 is 0 Å². The van der Waals surface area contributed by atoms with Crippen molar-refractivity contribution in [2.75, 3.05) is 4.90 Å². The smallest absolute Gasteiger partial charge is 0.0545 e. The van der Waals surface area contributed by atoms with Crippen LogP contribution in [-0.2, 0) is 5.41 Å². The van der Waals surface area contributed by atoms with Crippen LogP contribution in [0.4, 0.5) is 17.1 Å². The molecule has 0 saturated heterocycles. The van der Waals surface area contributed by atoms with Gasteiger partial charge in [-0.3, -0.25) is 0 Å². The van der Waals surface area contributed by atoms with Crippen molar-refractivity contribution < 1.29 is 0 Å². The maximum atomic E-state index is 3.90. The summed E-state index contributed by atoms with van der Waals surface area (Å²) in [6.07, 6.45) is 0. The van der Waals surface area contributed by atoms with Gasteiger partial charge in [0.1, 0.15) is 0 Å². The topological polar surface area (TPSA) is 19.0 Å². The van der Waals surface area contributed by atoms with E-state index < -0.39 is 0 Å². The fraction of sp³-hybridized carbons (Fsp3) is 0.0526. The third-order valence-electron chi connectivity index (χ3n) is 12.5. The second-order valence-electron chi connectivity index (χ2n) is 16.2. The molecule has 0 unspecified atom stereocenters. The van der Waals surface area contributed by atoms with Gasteiger partial charge in [-0.15, -0.1) is 0 Å². The van der Waals surface area contributed by atoms with Crippen molar-refractivity contribution in [2.24, 2.45) is 0 Å². The lowest BCUT2D eigenvalue weighted by atomic mass is 9.82. The Balaban J connectivity index is 1.02. The van der Waals surface area contributed by atoms with Gasteiger partial charge in [0.25, 0.3) is 0 Å². The molecule has 2 heteroatoms. The van der Waals surface area contributed by atoms with Gasteiger partial charge in [0.15, 0.2) is 0 Å². The Kier molecular flexibility index (Phi) is 8.20. The van der Waals surface area contributed by atoms with E-state index in [1.54, 1.807) is 0 Å². The lowest BCUT2D eigenvalue weighted by molar-refractivity contribution is 0.660. The van der Waals surface area contributed by atoms with E-state index in [1.165, 1.54) is 77.4 Å². The lowest BCUT2D eigenvalue weighted by Gasteiger charge is -2.28. The van der Waals surface area contributed by atoms with Crippen molar-refractivity contribution in [1.82, 2.24) is 4.98 Å². The van der Waals surface area contributed by atoms with Crippen LogP contribution in [0, 0.1) is 0 Å². The first-order chi connectivity index (χ1) is 29.0. The number of rotatable bonds is 7. The Labute approximate surface area is 345 Å². The molecule has 0 bridgehead atoms. The summed E-state index contributed by atoms with van der Waals surface area (Å²) in [4.78, 5) is 6.30. The van der Waals surface area contributed by atoms with Crippen molar-refractivity contribution in [3.63, 3.8) is 0 Å². The van der Waals surface area contributed by atoms with Gasteiger partial charge in [-0.05, 0) is 97.4 Å². The third kappa shape index (κ3) is 5.79. The molecule has 2 nitrogen and oxygen atoms in total. The van der Waals surface area contributed by atoms with Crippen LogP contribution < -0.4 is 4.90 Å². The minimum atomic E-state index is -0.0999.